The zero-order chi connectivity index (χ0) is 16.2. The van der Waals surface area contributed by atoms with E-state index in [9.17, 15) is 9.59 Å². The lowest BCUT2D eigenvalue weighted by Gasteiger charge is -2.23. The Labute approximate surface area is 141 Å². The molecular weight excluding hydrogens is 351 g/mol. The first-order valence-corrected chi connectivity index (χ1v) is 7.27. The number of benzene rings is 2. The monoisotopic (exact) mass is 360 g/mol. The van der Waals surface area contributed by atoms with Crippen LogP contribution in [0.25, 0.3) is 10.8 Å². The van der Waals surface area contributed by atoms with Crippen molar-refractivity contribution in [2.24, 2.45) is 0 Å². The third kappa shape index (κ3) is 4.16. The molecule has 0 heterocycles. The van der Waals surface area contributed by atoms with E-state index < -0.39 is 16.1 Å². The van der Waals surface area contributed by atoms with Gasteiger partial charge in [-0.25, -0.2) is 4.79 Å². The fourth-order valence-electron chi connectivity index (χ4n) is 1.84. The van der Waals surface area contributed by atoms with E-state index >= 15 is 0 Å². The highest BCUT2D eigenvalue weighted by Gasteiger charge is 2.36. The fraction of sp³-hybridized carbons (Fsp3) is 0.143. The molecule has 0 fully saturated rings. The van der Waals surface area contributed by atoms with Crippen LogP contribution in [-0.4, -0.2) is 22.5 Å². The van der Waals surface area contributed by atoms with Crippen molar-refractivity contribution in [1.82, 2.24) is 5.32 Å². The molecule has 0 aliphatic heterocycles. The molecule has 2 amide bonds. The van der Waals surface area contributed by atoms with E-state index in [1.165, 1.54) is 0 Å². The Morgan fingerprint density at radius 1 is 1.14 bits per heavy atom. The number of anilines is 1. The van der Waals surface area contributed by atoms with E-state index in [0.717, 1.165) is 10.8 Å². The highest BCUT2D eigenvalue weighted by Crippen LogP contribution is 2.31. The number of carbonyl (C=O) groups excluding carboxylic acids is 2. The van der Waals surface area contributed by atoms with Crippen molar-refractivity contribution in [2.75, 3.05) is 5.32 Å². The summed E-state index contributed by atoms with van der Waals surface area (Å²) >= 11 is 16.9. The van der Waals surface area contributed by atoms with Crippen LogP contribution in [0.15, 0.2) is 42.5 Å². The number of ether oxygens (including phenoxy) is 1. The van der Waals surface area contributed by atoms with E-state index in [1.54, 1.807) is 12.1 Å². The molecule has 5 nitrogen and oxygen atoms in total. The molecule has 1 atom stereocenters. The zero-order valence-electron chi connectivity index (χ0n) is 11.1. The van der Waals surface area contributed by atoms with E-state index in [0.29, 0.717) is 5.69 Å². The highest BCUT2D eigenvalue weighted by molar-refractivity contribution is 6.68. The van der Waals surface area contributed by atoms with Crippen LogP contribution in [0.3, 0.4) is 0 Å². The van der Waals surface area contributed by atoms with E-state index in [2.05, 4.69) is 10.6 Å². The zero-order valence-corrected chi connectivity index (χ0v) is 13.3. The average molecular weight is 362 g/mol. The molecule has 2 aromatic rings. The lowest BCUT2D eigenvalue weighted by molar-refractivity contribution is -0.112. The number of hydrogen-bond donors (Lipinski definition) is 2. The lowest BCUT2D eigenvalue weighted by Crippen LogP contribution is -2.44. The van der Waals surface area contributed by atoms with Crippen LogP contribution in [0, 0.1) is 0 Å². The van der Waals surface area contributed by atoms with Crippen LogP contribution in [-0.2, 0) is 9.53 Å². The molecular formula is C14H11Cl3N2O3. The molecule has 22 heavy (non-hydrogen) atoms. The number of carbonyl (C=O) groups is 2. The summed E-state index contributed by atoms with van der Waals surface area (Å²) in [6, 6.07) is 12.9. The molecule has 0 spiro atoms. The van der Waals surface area contributed by atoms with Crippen molar-refractivity contribution in [3.63, 3.8) is 0 Å². The van der Waals surface area contributed by atoms with Gasteiger partial charge in [0.1, 0.15) is 0 Å². The van der Waals surface area contributed by atoms with Crippen LogP contribution >= 0.6 is 34.8 Å². The first-order valence-electron chi connectivity index (χ1n) is 6.13. The van der Waals surface area contributed by atoms with Gasteiger partial charge in [0.05, 0.1) is 5.69 Å². The van der Waals surface area contributed by atoms with Crippen LogP contribution < -0.4 is 10.6 Å². The number of hydrogen-bond acceptors (Lipinski definition) is 3. The molecule has 8 heteroatoms. The molecule has 0 aromatic heterocycles. The van der Waals surface area contributed by atoms with Crippen molar-refractivity contribution in [1.29, 1.82) is 0 Å². The van der Waals surface area contributed by atoms with Crippen molar-refractivity contribution >= 4 is 63.8 Å². The van der Waals surface area contributed by atoms with Gasteiger partial charge in [0, 0.05) is 5.39 Å². The molecule has 0 radical (unpaired) electrons. The van der Waals surface area contributed by atoms with Crippen molar-refractivity contribution < 1.29 is 14.3 Å². The second kappa shape index (κ2) is 7.05. The topological polar surface area (TPSA) is 67.4 Å². The second-order valence-electron chi connectivity index (χ2n) is 4.26. The Morgan fingerprint density at radius 2 is 1.82 bits per heavy atom. The van der Waals surface area contributed by atoms with Crippen molar-refractivity contribution in [3.8, 4) is 0 Å². The maximum atomic E-state index is 11.9. The summed E-state index contributed by atoms with van der Waals surface area (Å²) in [5.41, 5.74) is 0.539. The summed E-state index contributed by atoms with van der Waals surface area (Å²) in [5.74, 6) is 0. The van der Waals surface area contributed by atoms with Gasteiger partial charge < -0.3 is 10.1 Å². The van der Waals surface area contributed by atoms with Gasteiger partial charge in [-0.3, -0.25) is 10.1 Å². The third-order valence-corrected chi connectivity index (χ3v) is 3.36. The SMILES string of the molecule is O=CNC(OC(=O)Nc1cccc2ccccc12)C(Cl)(Cl)Cl. The van der Waals surface area contributed by atoms with Crippen LogP contribution in [0.2, 0.25) is 0 Å². The summed E-state index contributed by atoms with van der Waals surface area (Å²) in [6.07, 6.45) is -2.00. The molecule has 0 aliphatic carbocycles. The van der Waals surface area contributed by atoms with Gasteiger partial charge in [-0.15, -0.1) is 0 Å². The summed E-state index contributed by atoms with van der Waals surface area (Å²) < 4.78 is 2.93. The third-order valence-electron chi connectivity index (χ3n) is 2.77. The lowest BCUT2D eigenvalue weighted by atomic mass is 10.1. The predicted octanol–water partition coefficient (Wildman–Crippen LogP) is 3.83. The summed E-state index contributed by atoms with van der Waals surface area (Å²) in [5, 5.41) is 6.45. The van der Waals surface area contributed by atoms with E-state index in [4.69, 9.17) is 39.5 Å². The molecule has 0 bridgehead atoms. The number of amides is 2. The number of nitrogens with one attached hydrogen (secondary N) is 2. The Kier molecular flexibility index (Phi) is 5.34. The maximum Gasteiger partial charge on any atom is 0.413 e. The summed E-state index contributed by atoms with van der Waals surface area (Å²) in [7, 11) is 0. The highest BCUT2D eigenvalue weighted by atomic mass is 35.6. The minimum atomic E-state index is -1.99. The van der Waals surface area contributed by atoms with Gasteiger partial charge in [0.25, 0.3) is 0 Å². The predicted molar refractivity (Wildman–Crippen MR) is 87.3 cm³/mol. The van der Waals surface area contributed by atoms with Crippen molar-refractivity contribution in [3.05, 3.63) is 42.5 Å². The Balaban J connectivity index is 2.15. The van der Waals surface area contributed by atoms with Gasteiger partial charge in [-0.2, -0.15) is 0 Å². The molecule has 0 saturated carbocycles. The number of fused-ring (bicyclic) bond motifs is 1. The smallest absolute Gasteiger partial charge is 0.413 e. The summed E-state index contributed by atoms with van der Waals surface area (Å²) in [6.45, 7) is 0. The summed E-state index contributed by atoms with van der Waals surface area (Å²) in [4.78, 5) is 22.4. The van der Waals surface area contributed by atoms with Gasteiger partial charge >= 0.3 is 6.09 Å². The fourth-order valence-corrected chi connectivity index (χ4v) is 2.16. The standard InChI is InChI=1S/C14H11Cl3N2O3/c15-14(16,17)12(18-8-20)22-13(21)19-11-7-3-5-9-4-1-2-6-10(9)11/h1-8,12H,(H,18,20)(H,19,21). The number of alkyl halides is 3. The molecule has 0 aliphatic rings. The Morgan fingerprint density at radius 3 is 2.50 bits per heavy atom. The largest absolute Gasteiger partial charge is 0.421 e. The maximum absolute atomic E-state index is 11.9. The minimum Gasteiger partial charge on any atom is -0.421 e. The van der Waals surface area contributed by atoms with Gasteiger partial charge in [0.2, 0.25) is 16.4 Å². The van der Waals surface area contributed by atoms with Gasteiger partial charge in [-0.05, 0) is 11.5 Å². The van der Waals surface area contributed by atoms with E-state index in [1.807, 2.05) is 30.3 Å². The normalized spacial score (nSPS) is 12.5. The first kappa shape index (κ1) is 16.7. The Hall–Kier alpha value is -1.69. The Bertz CT molecular complexity index is 683. The number of rotatable bonds is 4. The van der Waals surface area contributed by atoms with Gasteiger partial charge in [0.15, 0.2) is 0 Å². The molecule has 1 unspecified atom stereocenters. The molecule has 2 N–H and O–H groups in total. The van der Waals surface area contributed by atoms with Crippen molar-refractivity contribution in [2.45, 2.75) is 10.0 Å². The molecule has 2 aromatic carbocycles. The minimum absolute atomic E-state index is 0.276. The quantitative estimate of drug-likeness (QED) is 0.494. The second-order valence-corrected chi connectivity index (χ2v) is 6.63. The molecule has 0 saturated heterocycles. The van der Waals surface area contributed by atoms with Crippen LogP contribution in [0.1, 0.15) is 0 Å². The molecule has 2 rings (SSSR count). The van der Waals surface area contributed by atoms with E-state index in [-0.39, 0.29) is 6.41 Å². The molecule has 116 valence electrons. The van der Waals surface area contributed by atoms with Gasteiger partial charge in [-0.1, -0.05) is 71.2 Å². The first-order chi connectivity index (χ1) is 10.4. The average Bonchev–Trinajstić information content (AvgIpc) is 2.46. The van der Waals surface area contributed by atoms with Crippen LogP contribution in [0.5, 0.6) is 0 Å². The number of halogens is 3. The van der Waals surface area contributed by atoms with Crippen LogP contribution in [0.4, 0.5) is 10.5 Å².